The van der Waals surface area contributed by atoms with Gasteiger partial charge in [0.2, 0.25) is 5.95 Å². The van der Waals surface area contributed by atoms with Gasteiger partial charge in [-0.15, -0.1) is 0 Å². The average Bonchev–Trinajstić information content (AvgIpc) is 2.44. The van der Waals surface area contributed by atoms with Crippen molar-refractivity contribution >= 4 is 5.95 Å². The molecule has 8 heteroatoms. The Kier molecular flexibility index (Phi) is 4.84. The molecule has 4 N–H and O–H groups in total. The highest BCUT2D eigenvalue weighted by atomic mass is 16.7. The van der Waals surface area contributed by atoms with Gasteiger partial charge in [0.25, 0.3) is 0 Å². The first-order valence-corrected chi connectivity index (χ1v) is 6.28. The Hall–Kier alpha value is -1.32. The van der Waals surface area contributed by atoms with Crippen molar-refractivity contribution in [3.63, 3.8) is 0 Å². The molecular weight excluding hydrogens is 266 g/mol. The Bertz CT molecular complexity index is 445. The summed E-state index contributed by atoms with van der Waals surface area (Å²) in [4.78, 5) is 8.18. The fourth-order valence-corrected chi connectivity index (χ4v) is 2.10. The number of nitrogens with zero attached hydrogens (tertiary/aromatic N) is 2. The predicted octanol–water partition coefficient (Wildman–Crippen LogP) is -1.35. The maximum absolute atomic E-state index is 10.1. The number of aryl methyl sites for hydroxylation is 1. The minimum atomic E-state index is -1.23. The topological polar surface area (TPSA) is 117 Å². The van der Waals surface area contributed by atoms with Crippen molar-refractivity contribution < 1.29 is 24.8 Å². The van der Waals surface area contributed by atoms with Gasteiger partial charge in [-0.1, -0.05) is 0 Å². The third kappa shape index (κ3) is 3.05. The number of methoxy groups -OCH3 is 1. The zero-order chi connectivity index (χ0) is 14.7. The summed E-state index contributed by atoms with van der Waals surface area (Å²) < 4.78 is 10.5. The summed E-state index contributed by atoms with van der Waals surface area (Å²) in [6.45, 7) is 1.40. The van der Waals surface area contributed by atoms with E-state index in [1.54, 1.807) is 12.3 Å². The first kappa shape index (κ1) is 15.1. The van der Waals surface area contributed by atoms with E-state index in [0.29, 0.717) is 5.95 Å². The highest BCUT2D eigenvalue weighted by Crippen LogP contribution is 2.23. The summed E-state index contributed by atoms with van der Waals surface area (Å²) in [6.07, 6.45) is -2.57. The van der Waals surface area contributed by atoms with Crippen LogP contribution >= 0.6 is 0 Å². The molecule has 0 unspecified atom stereocenters. The third-order valence-electron chi connectivity index (χ3n) is 3.20. The largest absolute Gasteiger partial charge is 0.394 e. The van der Waals surface area contributed by atoms with Crippen LogP contribution in [0.4, 0.5) is 5.95 Å². The van der Waals surface area contributed by atoms with Crippen LogP contribution in [-0.4, -0.2) is 69.6 Å². The van der Waals surface area contributed by atoms with Crippen molar-refractivity contribution in [2.24, 2.45) is 0 Å². The van der Waals surface area contributed by atoms with Crippen LogP contribution in [-0.2, 0) is 9.47 Å². The Morgan fingerprint density at radius 1 is 1.40 bits per heavy atom. The van der Waals surface area contributed by atoms with Gasteiger partial charge in [-0.2, -0.15) is 0 Å². The van der Waals surface area contributed by atoms with Crippen LogP contribution in [0.1, 0.15) is 5.69 Å². The lowest BCUT2D eigenvalue weighted by atomic mass is 9.97. The van der Waals surface area contributed by atoms with E-state index in [1.165, 1.54) is 7.11 Å². The van der Waals surface area contributed by atoms with Gasteiger partial charge < -0.3 is 30.1 Å². The average molecular weight is 285 g/mol. The second-order valence-corrected chi connectivity index (χ2v) is 4.63. The highest BCUT2D eigenvalue weighted by molar-refractivity contribution is 5.28. The van der Waals surface area contributed by atoms with E-state index >= 15 is 0 Å². The van der Waals surface area contributed by atoms with Crippen LogP contribution in [0.2, 0.25) is 0 Å². The van der Waals surface area contributed by atoms with Crippen molar-refractivity contribution in [1.82, 2.24) is 9.97 Å². The van der Waals surface area contributed by atoms with Gasteiger partial charge >= 0.3 is 0 Å². The quantitative estimate of drug-likeness (QED) is 0.536. The molecule has 1 aliphatic heterocycles. The predicted molar refractivity (Wildman–Crippen MR) is 68.9 cm³/mol. The van der Waals surface area contributed by atoms with Gasteiger partial charge in [0.15, 0.2) is 6.29 Å². The molecule has 1 aliphatic rings. The molecule has 20 heavy (non-hydrogen) atoms. The molecule has 112 valence electrons. The van der Waals surface area contributed by atoms with Crippen molar-refractivity contribution in [3.05, 3.63) is 18.0 Å². The number of ether oxygens (including phenoxy) is 2. The van der Waals surface area contributed by atoms with Crippen LogP contribution in [0.3, 0.4) is 0 Å². The summed E-state index contributed by atoms with van der Waals surface area (Å²) in [6, 6.07) is 0.989. The molecule has 0 saturated carbocycles. The van der Waals surface area contributed by atoms with Crippen LogP contribution in [0.15, 0.2) is 12.3 Å². The van der Waals surface area contributed by atoms with Crippen molar-refractivity contribution in [1.29, 1.82) is 0 Å². The Labute approximate surface area is 116 Å². The fourth-order valence-electron chi connectivity index (χ4n) is 2.10. The minimum Gasteiger partial charge on any atom is -0.394 e. The van der Waals surface area contributed by atoms with E-state index in [4.69, 9.17) is 14.6 Å². The summed E-state index contributed by atoms with van der Waals surface area (Å²) in [5, 5.41) is 32.0. The standard InChI is InChI=1S/C12H19N3O5/c1-6-3-4-13-12(14-6)15-8-10(18)9(17)7(5-16)20-11(8)19-2/h3-4,7-11,16-18H,5H2,1-2H3,(H,13,14,15)/t7-,8-,9+,10-,11-/m1/s1. The zero-order valence-corrected chi connectivity index (χ0v) is 11.3. The molecule has 0 aliphatic carbocycles. The normalized spacial score (nSPS) is 34.0. The molecule has 8 nitrogen and oxygen atoms in total. The van der Waals surface area contributed by atoms with E-state index in [0.717, 1.165) is 5.69 Å². The molecule has 1 aromatic rings. The number of rotatable bonds is 4. The lowest BCUT2D eigenvalue weighted by molar-refractivity contribution is -0.254. The Morgan fingerprint density at radius 3 is 2.75 bits per heavy atom. The summed E-state index contributed by atoms with van der Waals surface area (Å²) in [5.74, 6) is 0.300. The number of aromatic nitrogens is 2. The zero-order valence-electron chi connectivity index (χ0n) is 11.3. The molecule has 0 spiro atoms. The lowest BCUT2D eigenvalue weighted by Crippen LogP contribution is -2.61. The van der Waals surface area contributed by atoms with Crippen molar-refractivity contribution in [2.75, 3.05) is 19.0 Å². The van der Waals surface area contributed by atoms with Crippen LogP contribution in [0, 0.1) is 6.92 Å². The fraction of sp³-hybridized carbons (Fsp3) is 0.667. The lowest BCUT2D eigenvalue weighted by Gasteiger charge is -2.41. The molecular formula is C12H19N3O5. The minimum absolute atomic E-state index is 0.300. The first-order chi connectivity index (χ1) is 9.56. The number of aliphatic hydroxyl groups excluding tert-OH is 3. The Balaban J connectivity index is 2.15. The van der Waals surface area contributed by atoms with Crippen molar-refractivity contribution in [3.8, 4) is 0 Å². The van der Waals surface area contributed by atoms with Crippen LogP contribution in [0.5, 0.6) is 0 Å². The van der Waals surface area contributed by atoms with E-state index in [2.05, 4.69) is 15.3 Å². The molecule has 0 aromatic carbocycles. The van der Waals surface area contributed by atoms with Gasteiger partial charge in [0.05, 0.1) is 6.61 Å². The van der Waals surface area contributed by atoms with Gasteiger partial charge in [-0.3, -0.25) is 0 Å². The van der Waals surface area contributed by atoms with E-state index in [9.17, 15) is 10.2 Å². The summed E-state index contributed by atoms with van der Waals surface area (Å²) in [7, 11) is 1.41. The molecule has 0 radical (unpaired) electrons. The van der Waals surface area contributed by atoms with E-state index < -0.39 is 37.3 Å². The smallest absolute Gasteiger partial charge is 0.223 e. The number of hydrogen-bond donors (Lipinski definition) is 4. The molecule has 1 fully saturated rings. The molecule has 1 saturated heterocycles. The Morgan fingerprint density at radius 2 is 2.15 bits per heavy atom. The van der Waals surface area contributed by atoms with Gasteiger partial charge in [0.1, 0.15) is 24.4 Å². The molecule has 2 rings (SSSR count). The molecule has 0 amide bonds. The van der Waals surface area contributed by atoms with Crippen LogP contribution in [0.25, 0.3) is 0 Å². The molecule has 5 atom stereocenters. The van der Waals surface area contributed by atoms with Gasteiger partial charge in [-0.25, -0.2) is 9.97 Å². The van der Waals surface area contributed by atoms with Gasteiger partial charge in [0, 0.05) is 19.0 Å². The second kappa shape index (κ2) is 6.42. The molecule has 1 aromatic heterocycles. The van der Waals surface area contributed by atoms with Crippen LogP contribution < -0.4 is 5.32 Å². The SMILES string of the molecule is CO[C@@H]1O[C@H](CO)[C@H](O)[C@H](O)[C@H]1Nc1nccc(C)n1. The highest BCUT2D eigenvalue weighted by Gasteiger charge is 2.44. The number of anilines is 1. The van der Waals surface area contributed by atoms with Crippen molar-refractivity contribution in [2.45, 2.75) is 37.6 Å². The first-order valence-electron chi connectivity index (χ1n) is 6.28. The number of nitrogens with one attached hydrogen (secondary N) is 1. The summed E-state index contributed by atoms with van der Waals surface area (Å²) >= 11 is 0. The van der Waals surface area contributed by atoms with E-state index in [-0.39, 0.29) is 0 Å². The molecule has 2 heterocycles. The molecule has 0 bridgehead atoms. The maximum atomic E-state index is 10.1. The monoisotopic (exact) mass is 285 g/mol. The maximum Gasteiger partial charge on any atom is 0.223 e. The third-order valence-corrected chi connectivity index (χ3v) is 3.20. The number of aliphatic hydroxyl groups is 3. The number of hydrogen-bond acceptors (Lipinski definition) is 8. The van der Waals surface area contributed by atoms with Gasteiger partial charge in [-0.05, 0) is 13.0 Å². The summed E-state index contributed by atoms with van der Waals surface area (Å²) in [5.41, 5.74) is 0.761. The van der Waals surface area contributed by atoms with E-state index in [1.807, 2.05) is 6.92 Å². The second-order valence-electron chi connectivity index (χ2n) is 4.63.